The van der Waals surface area contributed by atoms with Crippen molar-refractivity contribution in [2.45, 2.75) is 12.7 Å². The first-order valence-corrected chi connectivity index (χ1v) is 6.79. The Hall–Kier alpha value is -2.54. The minimum atomic E-state index is -4.34. The van der Waals surface area contributed by atoms with Gasteiger partial charge in [-0.25, -0.2) is 0 Å². The molecule has 0 saturated carbocycles. The molecule has 0 aliphatic carbocycles. The van der Waals surface area contributed by atoms with Gasteiger partial charge >= 0.3 is 6.18 Å². The predicted octanol–water partition coefficient (Wildman–Crippen LogP) is 3.25. The van der Waals surface area contributed by atoms with Gasteiger partial charge in [0.1, 0.15) is 6.61 Å². The van der Waals surface area contributed by atoms with E-state index in [1.165, 1.54) is 12.1 Å². The lowest BCUT2D eigenvalue weighted by Gasteiger charge is -2.10. The summed E-state index contributed by atoms with van der Waals surface area (Å²) in [5, 5.41) is 14.2. The number of hydrogen-bond donors (Lipinski definition) is 3. The first-order valence-electron chi connectivity index (χ1n) is 6.79. The number of nitrogens with one attached hydrogen (secondary N) is 2. The van der Waals surface area contributed by atoms with Crippen molar-refractivity contribution in [3.8, 4) is 0 Å². The average Bonchev–Trinajstić information content (AvgIpc) is 2.53. The number of hydrogen-bond acceptors (Lipinski definition) is 3. The molecule has 2 rings (SSSR count). The first kappa shape index (κ1) is 16.8. The summed E-state index contributed by atoms with van der Waals surface area (Å²) in [7, 11) is 0. The number of rotatable bonds is 5. The maximum absolute atomic E-state index is 12.5. The number of carbonyl (C=O) groups excluding carboxylic acids is 1. The van der Waals surface area contributed by atoms with Gasteiger partial charge in [-0.1, -0.05) is 18.2 Å². The molecule has 4 nitrogen and oxygen atoms in total. The van der Waals surface area contributed by atoms with Crippen LogP contribution in [0.4, 0.5) is 24.5 Å². The fourth-order valence-electron chi connectivity index (χ4n) is 1.92. The van der Waals surface area contributed by atoms with Crippen LogP contribution in [0, 0.1) is 0 Å². The molecule has 1 amide bonds. The minimum Gasteiger partial charge on any atom is -0.387 e. The Kier molecular flexibility index (Phi) is 5.23. The highest BCUT2D eigenvalue weighted by Gasteiger charge is 2.29. The molecule has 7 heteroatoms. The van der Waals surface area contributed by atoms with Gasteiger partial charge in [0.05, 0.1) is 5.56 Å². The van der Waals surface area contributed by atoms with E-state index in [0.29, 0.717) is 23.5 Å². The largest absolute Gasteiger partial charge is 0.416 e. The molecule has 0 aliphatic rings. The lowest BCUT2D eigenvalue weighted by atomic mass is 10.1. The van der Waals surface area contributed by atoms with Crippen molar-refractivity contribution in [1.29, 1.82) is 0 Å². The zero-order valence-corrected chi connectivity index (χ0v) is 12.0. The normalized spacial score (nSPS) is 11.1. The van der Waals surface area contributed by atoms with Gasteiger partial charge in [0.15, 0.2) is 0 Å². The Balaban J connectivity index is 1.98. The van der Waals surface area contributed by atoms with E-state index in [1.54, 1.807) is 24.3 Å². The maximum atomic E-state index is 12.5. The van der Waals surface area contributed by atoms with Gasteiger partial charge in [-0.15, -0.1) is 0 Å². The van der Waals surface area contributed by atoms with Crippen molar-refractivity contribution >= 4 is 17.3 Å². The minimum absolute atomic E-state index is 0.343. The molecule has 0 aliphatic heterocycles. The van der Waals surface area contributed by atoms with Crippen LogP contribution >= 0.6 is 0 Å². The highest BCUT2D eigenvalue weighted by molar-refractivity contribution is 5.91. The third kappa shape index (κ3) is 5.00. The lowest BCUT2D eigenvalue weighted by Crippen LogP contribution is -2.15. The molecule has 122 valence electrons. The van der Waals surface area contributed by atoms with E-state index < -0.39 is 24.3 Å². The summed E-state index contributed by atoms with van der Waals surface area (Å²) in [5.41, 5.74) is 1.22. The fraction of sp³-hybridized carbons (Fsp3) is 0.188. The summed E-state index contributed by atoms with van der Waals surface area (Å²) in [6.07, 6.45) is -4.34. The summed E-state index contributed by atoms with van der Waals surface area (Å²) >= 11 is 0. The van der Waals surface area contributed by atoms with E-state index in [4.69, 9.17) is 5.11 Å². The number of carbonyl (C=O) groups is 1. The number of amides is 1. The van der Waals surface area contributed by atoms with Crippen LogP contribution < -0.4 is 10.6 Å². The molecule has 2 aromatic carbocycles. The number of benzene rings is 2. The van der Waals surface area contributed by atoms with Gasteiger partial charge in [0.2, 0.25) is 5.91 Å². The van der Waals surface area contributed by atoms with Crippen molar-refractivity contribution in [2.75, 3.05) is 17.2 Å². The third-order valence-electron chi connectivity index (χ3n) is 3.07. The quantitative estimate of drug-likeness (QED) is 0.791. The monoisotopic (exact) mass is 324 g/mol. The summed E-state index contributed by atoms with van der Waals surface area (Å²) in [4.78, 5) is 11.1. The molecule has 0 fully saturated rings. The van der Waals surface area contributed by atoms with Crippen LogP contribution in [-0.4, -0.2) is 17.6 Å². The third-order valence-corrected chi connectivity index (χ3v) is 3.07. The molecule has 0 spiro atoms. The number of aliphatic hydroxyl groups excluding tert-OH is 1. The Labute approximate surface area is 131 Å². The number of aliphatic hydroxyl groups is 1. The van der Waals surface area contributed by atoms with Gasteiger partial charge in [0.25, 0.3) is 0 Å². The molecule has 0 atom stereocenters. The van der Waals surface area contributed by atoms with Crippen molar-refractivity contribution in [3.05, 3.63) is 59.7 Å². The van der Waals surface area contributed by atoms with Gasteiger partial charge in [-0.05, 0) is 35.9 Å². The molecular formula is C16H15F3N2O2. The smallest absolute Gasteiger partial charge is 0.387 e. The number of anilines is 2. The van der Waals surface area contributed by atoms with Crippen LogP contribution in [0.5, 0.6) is 0 Å². The van der Waals surface area contributed by atoms with Crippen LogP contribution in [0.15, 0.2) is 48.5 Å². The van der Waals surface area contributed by atoms with Crippen molar-refractivity contribution < 1.29 is 23.1 Å². The molecule has 3 N–H and O–H groups in total. The second-order valence-electron chi connectivity index (χ2n) is 4.84. The Bertz CT molecular complexity index is 670. The van der Waals surface area contributed by atoms with Crippen LogP contribution in [0.3, 0.4) is 0 Å². The fourth-order valence-corrected chi connectivity index (χ4v) is 1.92. The second-order valence-corrected chi connectivity index (χ2v) is 4.84. The zero-order valence-electron chi connectivity index (χ0n) is 12.0. The lowest BCUT2D eigenvalue weighted by molar-refractivity contribution is -0.137. The maximum Gasteiger partial charge on any atom is 0.416 e. The van der Waals surface area contributed by atoms with Gasteiger partial charge < -0.3 is 15.7 Å². The van der Waals surface area contributed by atoms with Crippen LogP contribution in [-0.2, 0) is 17.5 Å². The number of alkyl halides is 3. The Morgan fingerprint density at radius 2 is 1.70 bits per heavy atom. The molecule has 0 aromatic heterocycles. The summed E-state index contributed by atoms with van der Waals surface area (Å²) < 4.78 is 37.4. The van der Waals surface area contributed by atoms with E-state index in [2.05, 4.69) is 10.6 Å². The van der Waals surface area contributed by atoms with Crippen molar-refractivity contribution in [3.63, 3.8) is 0 Å². The molecule has 0 saturated heterocycles. The van der Waals surface area contributed by atoms with E-state index in [-0.39, 0.29) is 0 Å². The summed E-state index contributed by atoms with van der Waals surface area (Å²) in [6, 6.07) is 11.7. The second kappa shape index (κ2) is 7.15. The van der Waals surface area contributed by atoms with E-state index in [0.717, 1.165) is 12.1 Å². The zero-order chi connectivity index (χ0) is 16.9. The summed E-state index contributed by atoms with van der Waals surface area (Å²) in [6.45, 7) is -0.265. The predicted molar refractivity (Wildman–Crippen MR) is 80.9 cm³/mol. The van der Waals surface area contributed by atoms with Gasteiger partial charge in [-0.3, -0.25) is 4.79 Å². The molecular weight excluding hydrogens is 309 g/mol. The molecule has 2 aromatic rings. The standard InChI is InChI=1S/C16H15F3N2O2/c17-16(18,19)12-6-4-11(5-7-12)9-20-13-2-1-3-14(8-13)21-15(23)10-22/h1-8,20,22H,9-10H2,(H,21,23). The first-order chi connectivity index (χ1) is 10.9. The molecule has 23 heavy (non-hydrogen) atoms. The summed E-state index contributed by atoms with van der Waals surface area (Å²) in [5.74, 6) is -0.523. The molecule has 0 unspecified atom stereocenters. The number of halogens is 3. The Morgan fingerprint density at radius 1 is 1.04 bits per heavy atom. The van der Waals surface area contributed by atoms with Crippen LogP contribution in [0.25, 0.3) is 0 Å². The van der Waals surface area contributed by atoms with Crippen molar-refractivity contribution in [1.82, 2.24) is 0 Å². The van der Waals surface area contributed by atoms with Crippen LogP contribution in [0.2, 0.25) is 0 Å². The molecule has 0 radical (unpaired) electrons. The molecule has 0 heterocycles. The van der Waals surface area contributed by atoms with E-state index in [9.17, 15) is 18.0 Å². The average molecular weight is 324 g/mol. The molecule has 0 bridgehead atoms. The van der Waals surface area contributed by atoms with E-state index in [1.807, 2.05) is 0 Å². The highest BCUT2D eigenvalue weighted by atomic mass is 19.4. The highest BCUT2D eigenvalue weighted by Crippen LogP contribution is 2.29. The van der Waals surface area contributed by atoms with Crippen LogP contribution in [0.1, 0.15) is 11.1 Å². The van der Waals surface area contributed by atoms with Crippen molar-refractivity contribution in [2.24, 2.45) is 0 Å². The van der Waals surface area contributed by atoms with E-state index >= 15 is 0 Å². The Morgan fingerprint density at radius 3 is 2.30 bits per heavy atom. The SMILES string of the molecule is O=C(CO)Nc1cccc(NCc2ccc(C(F)(F)F)cc2)c1. The van der Waals surface area contributed by atoms with Gasteiger partial charge in [-0.2, -0.15) is 13.2 Å². The topological polar surface area (TPSA) is 61.4 Å². The van der Waals surface area contributed by atoms with Gasteiger partial charge in [0, 0.05) is 17.9 Å².